The molecule has 2 N–H and O–H groups in total. The molecule has 0 aromatic carbocycles. The molecular weight excluding hydrogens is 252 g/mol. The lowest BCUT2D eigenvalue weighted by Crippen LogP contribution is -2.65. The van der Waals surface area contributed by atoms with Gasteiger partial charge >= 0.3 is 0 Å². The van der Waals surface area contributed by atoms with Gasteiger partial charge in [0.1, 0.15) is 0 Å². The minimum atomic E-state index is 0.202. The number of nitrogens with two attached hydrogens (primary N) is 1. The Morgan fingerprint density at radius 3 is 2.47 bits per heavy atom. The third-order valence-electron chi connectivity index (χ3n) is 5.80. The minimum absolute atomic E-state index is 0.202. The van der Waals surface area contributed by atoms with Gasteiger partial charge in [-0.15, -0.1) is 0 Å². The summed E-state index contributed by atoms with van der Waals surface area (Å²) in [6.45, 7) is 6.91. The molecule has 0 aromatic heterocycles. The highest BCUT2D eigenvalue weighted by Crippen LogP contribution is 2.45. The first-order chi connectivity index (χ1) is 9.02. The second-order valence-corrected chi connectivity index (χ2v) is 8.41. The molecular formula is C16H32N2S. The van der Waals surface area contributed by atoms with Crippen molar-refractivity contribution in [2.75, 3.05) is 31.6 Å². The van der Waals surface area contributed by atoms with Crippen molar-refractivity contribution in [3.05, 3.63) is 0 Å². The van der Waals surface area contributed by atoms with Gasteiger partial charge in [0.25, 0.3) is 0 Å². The molecule has 2 aliphatic rings. The molecule has 2 nitrogen and oxygen atoms in total. The molecule has 1 aliphatic heterocycles. The maximum Gasteiger partial charge on any atom is 0.0470 e. The molecule has 1 saturated carbocycles. The molecule has 1 atom stereocenters. The fourth-order valence-electron chi connectivity index (χ4n) is 4.05. The van der Waals surface area contributed by atoms with Gasteiger partial charge in [0.2, 0.25) is 0 Å². The highest BCUT2D eigenvalue weighted by Gasteiger charge is 2.49. The van der Waals surface area contributed by atoms with E-state index in [2.05, 4.69) is 37.6 Å². The van der Waals surface area contributed by atoms with E-state index in [0.717, 1.165) is 12.5 Å². The molecule has 0 radical (unpaired) electrons. The van der Waals surface area contributed by atoms with E-state index in [1.54, 1.807) is 0 Å². The van der Waals surface area contributed by atoms with Crippen LogP contribution in [-0.4, -0.2) is 42.1 Å². The predicted octanol–water partition coefficient (Wildman–Crippen LogP) is 3.36. The average molecular weight is 285 g/mol. The molecule has 112 valence electrons. The van der Waals surface area contributed by atoms with Gasteiger partial charge in [-0.3, -0.25) is 4.90 Å². The molecule has 1 unspecified atom stereocenters. The quantitative estimate of drug-likeness (QED) is 0.858. The first-order valence-electron chi connectivity index (χ1n) is 8.01. The Labute approximate surface area is 123 Å². The lowest BCUT2D eigenvalue weighted by atomic mass is 9.69. The van der Waals surface area contributed by atoms with Crippen molar-refractivity contribution in [2.24, 2.45) is 17.1 Å². The van der Waals surface area contributed by atoms with Crippen LogP contribution in [0.4, 0.5) is 0 Å². The molecule has 3 heteroatoms. The summed E-state index contributed by atoms with van der Waals surface area (Å²) < 4.78 is 0. The van der Waals surface area contributed by atoms with Crippen molar-refractivity contribution in [2.45, 2.75) is 57.9 Å². The molecule has 0 spiro atoms. The zero-order valence-electron chi connectivity index (χ0n) is 13.1. The summed E-state index contributed by atoms with van der Waals surface area (Å²) in [6, 6.07) is 0. The van der Waals surface area contributed by atoms with Gasteiger partial charge in [0.15, 0.2) is 0 Å². The van der Waals surface area contributed by atoms with Crippen LogP contribution >= 0.6 is 11.8 Å². The molecule has 1 heterocycles. The van der Waals surface area contributed by atoms with E-state index in [4.69, 9.17) is 5.73 Å². The van der Waals surface area contributed by atoms with Gasteiger partial charge in [0.05, 0.1) is 0 Å². The monoisotopic (exact) mass is 284 g/mol. The normalized spacial score (nSPS) is 32.7. The summed E-state index contributed by atoms with van der Waals surface area (Å²) in [6.07, 6.45) is 8.48. The van der Waals surface area contributed by atoms with Gasteiger partial charge in [-0.05, 0) is 43.4 Å². The van der Waals surface area contributed by atoms with E-state index in [1.165, 1.54) is 56.6 Å². The molecule has 1 saturated heterocycles. The van der Waals surface area contributed by atoms with Crippen molar-refractivity contribution in [3.8, 4) is 0 Å². The maximum absolute atomic E-state index is 6.26. The first-order valence-corrected chi connectivity index (χ1v) is 9.16. The van der Waals surface area contributed by atoms with Crippen molar-refractivity contribution in [1.29, 1.82) is 0 Å². The number of likely N-dealkylation sites (N-methyl/N-ethyl adjacent to an activating group) is 1. The Morgan fingerprint density at radius 2 is 1.89 bits per heavy atom. The van der Waals surface area contributed by atoms with Crippen molar-refractivity contribution >= 4 is 11.8 Å². The number of rotatable bonds is 4. The Morgan fingerprint density at radius 1 is 1.21 bits per heavy atom. The Hall–Kier alpha value is 0.270. The molecule has 0 bridgehead atoms. The number of hydrogen-bond donors (Lipinski definition) is 1. The molecule has 0 aromatic rings. The van der Waals surface area contributed by atoms with E-state index < -0.39 is 0 Å². The fraction of sp³-hybridized carbons (Fsp3) is 1.00. The van der Waals surface area contributed by atoms with Crippen LogP contribution in [0.25, 0.3) is 0 Å². The summed E-state index contributed by atoms with van der Waals surface area (Å²) in [7, 11) is 2.33. The van der Waals surface area contributed by atoms with Gasteiger partial charge < -0.3 is 5.73 Å². The third kappa shape index (κ3) is 3.14. The number of nitrogens with zero attached hydrogens (tertiary/aromatic N) is 1. The van der Waals surface area contributed by atoms with Crippen LogP contribution in [-0.2, 0) is 0 Å². The SMILES string of the molecule is CN(CC1CCCCC1)C1(CN)CSCCC1(C)C. The van der Waals surface area contributed by atoms with Crippen LogP contribution in [0, 0.1) is 11.3 Å². The predicted molar refractivity (Wildman–Crippen MR) is 86.7 cm³/mol. The first kappa shape index (κ1) is 15.7. The third-order valence-corrected chi connectivity index (χ3v) is 6.97. The second kappa shape index (κ2) is 6.36. The topological polar surface area (TPSA) is 29.3 Å². The molecule has 19 heavy (non-hydrogen) atoms. The largest absolute Gasteiger partial charge is 0.329 e. The van der Waals surface area contributed by atoms with Crippen molar-refractivity contribution < 1.29 is 0 Å². The standard InChI is InChI=1S/C16H32N2S/c1-15(2)9-10-19-13-16(15,12-17)18(3)11-14-7-5-4-6-8-14/h14H,4-13,17H2,1-3H3. The summed E-state index contributed by atoms with van der Waals surface area (Å²) >= 11 is 2.10. The Bertz CT molecular complexity index is 286. The molecule has 0 amide bonds. The van der Waals surface area contributed by atoms with E-state index in [9.17, 15) is 0 Å². The van der Waals surface area contributed by atoms with Gasteiger partial charge in [-0.1, -0.05) is 33.1 Å². The van der Waals surface area contributed by atoms with E-state index in [1.807, 2.05) is 0 Å². The average Bonchev–Trinajstić information content (AvgIpc) is 2.39. The summed E-state index contributed by atoms with van der Waals surface area (Å²) in [5, 5.41) is 0. The number of thioether (sulfide) groups is 1. The fourth-order valence-corrected chi connectivity index (χ4v) is 5.91. The lowest BCUT2D eigenvalue weighted by molar-refractivity contribution is 0.00690. The smallest absolute Gasteiger partial charge is 0.0470 e. The van der Waals surface area contributed by atoms with Crippen LogP contribution in [0.5, 0.6) is 0 Å². The summed E-state index contributed by atoms with van der Waals surface area (Å²) in [5.74, 6) is 3.41. The van der Waals surface area contributed by atoms with E-state index in [-0.39, 0.29) is 5.54 Å². The Balaban J connectivity index is 2.06. The van der Waals surface area contributed by atoms with E-state index in [0.29, 0.717) is 5.41 Å². The van der Waals surface area contributed by atoms with Crippen molar-refractivity contribution in [1.82, 2.24) is 4.90 Å². The summed E-state index contributed by atoms with van der Waals surface area (Å²) in [5.41, 5.74) is 6.81. The van der Waals surface area contributed by atoms with Crippen molar-refractivity contribution in [3.63, 3.8) is 0 Å². The maximum atomic E-state index is 6.26. The Kier molecular flexibility index (Phi) is 5.24. The van der Waals surface area contributed by atoms with Crippen LogP contribution in [0.2, 0.25) is 0 Å². The number of hydrogen-bond acceptors (Lipinski definition) is 3. The van der Waals surface area contributed by atoms with Crippen LogP contribution in [0.15, 0.2) is 0 Å². The minimum Gasteiger partial charge on any atom is -0.329 e. The summed E-state index contributed by atoms with van der Waals surface area (Å²) in [4.78, 5) is 2.63. The van der Waals surface area contributed by atoms with Crippen LogP contribution in [0.3, 0.4) is 0 Å². The zero-order chi connectivity index (χ0) is 13.9. The van der Waals surface area contributed by atoms with Gasteiger partial charge in [-0.25, -0.2) is 0 Å². The van der Waals surface area contributed by atoms with E-state index >= 15 is 0 Å². The highest BCUT2D eigenvalue weighted by molar-refractivity contribution is 7.99. The second-order valence-electron chi connectivity index (χ2n) is 7.31. The van der Waals surface area contributed by atoms with Crippen LogP contribution < -0.4 is 5.73 Å². The molecule has 1 aliphatic carbocycles. The highest BCUT2D eigenvalue weighted by atomic mass is 32.2. The lowest BCUT2D eigenvalue weighted by Gasteiger charge is -2.55. The van der Waals surface area contributed by atoms with Crippen LogP contribution in [0.1, 0.15) is 52.4 Å². The zero-order valence-corrected chi connectivity index (χ0v) is 13.9. The molecule has 2 rings (SSSR count). The van der Waals surface area contributed by atoms with Gasteiger partial charge in [0, 0.05) is 24.4 Å². The molecule has 2 fully saturated rings. The van der Waals surface area contributed by atoms with Gasteiger partial charge in [-0.2, -0.15) is 11.8 Å².